The van der Waals surface area contributed by atoms with Crippen LogP contribution in [0.25, 0.3) is 0 Å². The summed E-state index contributed by atoms with van der Waals surface area (Å²) in [6, 6.07) is 0. The van der Waals surface area contributed by atoms with Gasteiger partial charge in [-0.1, -0.05) is 6.42 Å². The first-order valence-corrected chi connectivity index (χ1v) is 8.79. The fraction of sp³-hybridized carbons (Fsp3) is 0.938. The van der Waals surface area contributed by atoms with Gasteiger partial charge >= 0.3 is 5.97 Å². The lowest BCUT2D eigenvalue weighted by molar-refractivity contribution is -0.307. The molecule has 9 heteroatoms. The molecule has 0 spiro atoms. The average molecular weight is 363 g/mol. The lowest BCUT2D eigenvalue weighted by atomic mass is 10.00. The molecule has 9 nitrogen and oxygen atoms in total. The maximum Gasteiger partial charge on any atom is 0.303 e. The molecule has 2 heterocycles. The molecule has 2 fully saturated rings. The van der Waals surface area contributed by atoms with Gasteiger partial charge in [0, 0.05) is 26.1 Å². The quantitative estimate of drug-likeness (QED) is 0.321. The molecule has 0 aromatic carbocycles. The molecule has 0 saturated carbocycles. The van der Waals surface area contributed by atoms with E-state index in [1.54, 1.807) is 6.92 Å². The number of carboxylic acid groups (broad SMARTS) is 1. The van der Waals surface area contributed by atoms with Gasteiger partial charge in [-0.3, -0.25) is 4.79 Å². The predicted molar refractivity (Wildman–Crippen MR) is 85.9 cm³/mol. The van der Waals surface area contributed by atoms with Crippen molar-refractivity contribution in [2.45, 2.75) is 75.5 Å². The molecule has 2 rings (SSSR count). The minimum atomic E-state index is -1.33. The summed E-state index contributed by atoms with van der Waals surface area (Å²) in [5.41, 5.74) is 0. The highest BCUT2D eigenvalue weighted by Crippen LogP contribution is 2.24. The number of rotatable bonds is 9. The van der Waals surface area contributed by atoms with Crippen LogP contribution >= 0.6 is 0 Å². The van der Waals surface area contributed by atoms with Gasteiger partial charge in [-0.15, -0.1) is 0 Å². The van der Waals surface area contributed by atoms with Crippen LogP contribution in [0.4, 0.5) is 0 Å². The van der Waals surface area contributed by atoms with E-state index in [0.29, 0.717) is 26.1 Å². The molecule has 2 aliphatic rings. The van der Waals surface area contributed by atoms with E-state index < -0.39 is 36.7 Å². The monoisotopic (exact) mass is 363 g/mol. The minimum absolute atomic E-state index is 0.167. The fourth-order valence-corrected chi connectivity index (χ4v) is 3.02. The zero-order valence-electron chi connectivity index (χ0n) is 14.4. The first-order valence-electron chi connectivity index (χ1n) is 8.79. The highest BCUT2D eigenvalue weighted by molar-refractivity contribution is 5.66. The number of carbonyl (C=O) groups is 1. The van der Waals surface area contributed by atoms with Gasteiger partial charge in [-0.05, 0) is 19.8 Å². The molecule has 7 atom stereocenters. The normalized spacial score (nSPS) is 38.8. The number of carboxylic acids is 1. The Bertz CT molecular complexity index is 423. The molecule has 0 amide bonds. The van der Waals surface area contributed by atoms with Crippen LogP contribution in [-0.4, -0.2) is 89.0 Å². The molecule has 0 radical (unpaired) electrons. The summed E-state index contributed by atoms with van der Waals surface area (Å²) in [5, 5.41) is 41.3. The molecule has 2 aliphatic heterocycles. The van der Waals surface area contributed by atoms with Crippen molar-refractivity contribution in [3.8, 4) is 0 Å². The van der Waals surface area contributed by atoms with Crippen LogP contribution in [0.2, 0.25) is 0 Å². The second-order valence-corrected chi connectivity index (χ2v) is 6.63. The summed E-state index contributed by atoms with van der Waals surface area (Å²) in [4.78, 5) is 10.4. The molecule has 25 heavy (non-hydrogen) atoms. The zero-order chi connectivity index (χ0) is 18.4. The topological polar surface area (TPSA) is 138 Å². The van der Waals surface area contributed by atoms with E-state index in [0.717, 1.165) is 12.8 Å². The Hall–Kier alpha value is -0.810. The predicted octanol–water partition coefficient (Wildman–Crippen LogP) is -1.17. The van der Waals surface area contributed by atoms with Crippen molar-refractivity contribution in [3.63, 3.8) is 0 Å². The van der Waals surface area contributed by atoms with Gasteiger partial charge < -0.3 is 40.0 Å². The number of hydrogen-bond acceptors (Lipinski definition) is 8. The van der Waals surface area contributed by atoms with Crippen LogP contribution in [0.5, 0.6) is 0 Å². The Morgan fingerprint density at radius 1 is 1.08 bits per heavy atom. The molecule has 2 saturated heterocycles. The van der Waals surface area contributed by atoms with Gasteiger partial charge in [0.25, 0.3) is 0 Å². The summed E-state index contributed by atoms with van der Waals surface area (Å²) in [6.07, 6.45) is -3.70. The first kappa shape index (κ1) is 20.5. The van der Waals surface area contributed by atoms with E-state index >= 15 is 0 Å². The van der Waals surface area contributed by atoms with Crippen LogP contribution < -0.4 is 5.32 Å². The number of aliphatic carboxylic acids is 1. The van der Waals surface area contributed by atoms with Crippen molar-refractivity contribution in [2.75, 3.05) is 19.7 Å². The molecule has 146 valence electrons. The number of aliphatic hydroxyl groups is 3. The number of hydrogen-bond donors (Lipinski definition) is 5. The summed E-state index contributed by atoms with van der Waals surface area (Å²) in [5.74, 6) is -0.790. The Morgan fingerprint density at radius 3 is 2.52 bits per heavy atom. The van der Waals surface area contributed by atoms with Crippen molar-refractivity contribution in [2.24, 2.45) is 0 Å². The first-order chi connectivity index (χ1) is 11.9. The Morgan fingerprint density at radius 2 is 1.80 bits per heavy atom. The van der Waals surface area contributed by atoms with Gasteiger partial charge in [0.05, 0.1) is 12.2 Å². The highest BCUT2D eigenvalue weighted by atomic mass is 16.7. The minimum Gasteiger partial charge on any atom is -0.481 e. The fourth-order valence-electron chi connectivity index (χ4n) is 3.02. The van der Waals surface area contributed by atoms with E-state index in [4.69, 9.17) is 19.3 Å². The molecular weight excluding hydrogens is 334 g/mol. The van der Waals surface area contributed by atoms with Gasteiger partial charge in [0.2, 0.25) is 0 Å². The lowest BCUT2D eigenvalue weighted by Gasteiger charge is -2.40. The second-order valence-electron chi connectivity index (χ2n) is 6.63. The number of unbranched alkanes of at least 4 members (excludes halogenated alkanes) is 2. The summed E-state index contributed by atoms with van der Waals surface area (Å²) < 4.78 is 17.0. The summed E-state index contributed by atoms with van der Waals surface area (Å²) >= 11 is 0. The lowest BCUT2D eigenvalue weighted by Crippen LogP contribution is -2.58. The van der Waals surface area contributed by atoms with E-state index in [-0.39, 0.29) is 18.6 Å². The van der Waals surface area contributed by atoms with Crippen LogP contribution in [0.3, 0.4) is 0 Å². The molecule has 0 aromatic rings. The summed E-state index contributed by atoms with van der Waals surface area (Å²) in [7, 11) is 0. The van der Waals surface area contributed by atoms with Gasteiger partial charge in [-0.2, -0.15) is 0 Å². The van der Waals surface area contributed by atoms with Crippen LogP contribution in [0.1, 0.15) is 32.6 Å². The standard InChI is InChI=1S/C16H29NO8/c1-9-13(20)14(21)15(22)16(24-9)25-11-8-17-7-10(11)23-6-4-2-3-5-12(18)19/h9-11,13-17,20-22H,2-8H2,1H3,(H,18,19). The molecule has 0 bridgehead atoms. The molecular formula is C16H29NO8. The zero-order valence-corrected chi connectivity index (χ0v) is 14.4. The molecule has 0 aliphatic carbocycles. The van der Waals surface area contributed by atoms with Crippen molar-refractivity contribution >= 4 is 5.97 Å². The molecule has 0 aromatic heterocycles. The number of ether oxygens (including phenoxy) is 3. The van der Waals surface area contributed by atoms with E-state index in [9.17, 15) is 20.1 Å². The highest BCUT2D eigenvalue weighted by Gasteiger charge is 2.44. The SMILES string of the molecule is CC1OC(OC2CNCC2OCCCCCC(=O)O)C(O)C(O)C1O. The van der Waals surface area contributed by atoms with Crippen LogP contribution in [0.15, 0.2) is 0 Å². The third-order valence-electron chi connectivity index (χ3n) is 4.59. The maximum absolute atomic E-state index is 10.4. The van der Waals surface area contributed by atoms with Crippen molar-refractivity contribution in [1.82, 2.24) is 5.32 Å². The maximum atomic E-state index is 10.4. The number of nitrogens with one attached hydrogen (secondary N) is 1. The second kappa shape index (κ2) is 9.77. The summed E-state index contributed by atoms with van der Waals surface area (Å²) in [6.45, 7) is 3.23. The number of aliphatic hydroxyl groups excluding tert-OH is 3. The molecule has 5 N–H and O–H groups in total. The van der Waals surface area contributed by atoms with E-state index in [2.05, 4.69) is 5.32 Å². The van der Waals surface area contributed by atoms with E-state index in [1.165, 1.54) is 0 Å². The average Bonchev–Trinajstić information content (AvgIpc) is 3.00. The van der Waals surface area contributed by atoms with Crippen LogP contribution in [0, 0.1) is 0 Å². The Labute approximate surface area is 146 Å². The third kappa shape index (κ3) is 5.85. The van der Waals surface area contributed by atoms with Crippen molar-refractivity contribution in [1.29, 1.82) is 0 Å². The van der Waals surface area contributed by atoms with Crippen molar-refractivity contribution < 1.29 is 39.4 Å². The smallest absolute Gasteiger partial charge is 0.303 e. The van der Waals surface area contributed by atoms with Gasteiger partial charge in [0.15, 0.2) is 6.29 Å². The Balaban J connectivity index is 1.72. The third-order valence-corrected chi connectivity index (χ3v) is 4.59. The molecule has 7 unspecified atom stereocenters. The van der Waals surface area contributed by atoms with E-state index in [1.807, 2.05) is 0 Å². The van der Waals surface area contributed by atoms with Gasteiger partial charge in [-0.25, -0.2) is 0 Å². The Kier molecular flexibility index (Phi) is 8.01. The largest absolute Gasteiger partial charge is 0.481 e. The van der Waals surface area contributed by atoms with Gasteiger partial charge in [0.1, 0.15) is 24.4 Å². The van der Waals surface area contributed by atoms with Crippen molar-refractivity contribution in [3.05, 3.63) is 0 Å². The van der Waals surface area contributed by atoms with Crippen LogP contribution in [-0.2, 0) is 19.0 Å².